The zero-order chi connectivity index (χ0) is 14.1. The lowest BCUT2D eigenvalue weighted by Crippen LogP contribution is -2.23. The van der Waals surface area contributed by atoms with Crippen LogP contribution < -0.4 is 0 Å². The van der Waals surface area contributed by atoms with Crippen LogP contribution in [-0.4, -0.2) is 18.0 Å². The predicted octanol–water partition coefficient (Wildman–Crippen LogP) is 5.02. The first kappa shape index (κ1) is 12.6. The summed E-state index contributed by atoms with van der Waals surface area (Å²) in [5, 5.41) is 11.6. The highest BCUT2D eigenvalue weighted by atomic mass is 15.2. The first-order valence-corrected chi connectivity index (χ1v) is 7.78. The number of hydrogen-bond donors (Lipinski definition) is 0. The Kier molecular flexibility index (Phi) is 3.18. The van der Waals surface area contributed by atoms with E-state index in [0.29, 0.717) is 0 Å². The number of allylic oxidation sites excluding steroid dienone is 2. The molecule has 0 saturated carbocycles. The Morgan fingerprint density at radius 1 is 0.810 bits per heavy atom. The normalized spacial score (nSPS) is 18.8. The van der Waals surface area contributed by atoms with Crippen molar-refractivity contribution in [3.8, 4) is 0 Å². The molecule has 0 atom stereocenters. The van der Waals surface area contributed by atoms with Gasteiger partial charge in [-0.2, -0.15) is 10.2 Å². The molecule has 1 fully saturated rings. The maximum absolute atomic E-state index is 4.61. The van der Waals surface area contributed by atoms with Gasteiger partial charge in [0, 0.05) is 24.2 Å². The standard InChI is InChI=1S/C18H19N3/c1-2-8-15-14(6-1)7-3-9-16(15)19-20-17-10-4-12-21-13-5-11-18(17)21/h1-3,6-9H,4-5,10-13H2. The first-order chi connectivity index (χ1) is 10.4. The summed E-state index contributed by atoms with van der Waals surface area (Å²) in [5.41, 5.74) is 3.60. The fraction of sp³-hybridized carbons (Fsp3) is 0.333. The summed E-state index contributed by atoms with van der Waals surface area (Å²) < 4.78 is 0. The molecule has 2 aromatic carbocycles. The van der Waals surface area contributed by atoms with Gasteiger partial charge in [-0.3, -0.25) is 0 Å². The van der Waals surface area contributed by atoms with Crippen molar-refractivity contribution in [2.75, 3.05) is 13.1 Å². The monoisotopic (exact) mass is 277 g/mol. The summed E-state index contributed by atoms with van der Waals surface area (Å²) in [7, 11) is 0. The van der Waals surface area contributed by atoms with E-state index in [1.165, 1.54) is 54.5 Å². The molecule has 2 aliphatic rings. The van der Waals surface area contributed by atoms with Crippen LogP contribution in [0.2, 0.25) is 0 Å². The summed E-state index contributed by atoms with van der Waals surface area (Å²) in [4.78, 5) is 2.49. The molecule has 0 aliphatic carbocycles. The Morgan fingerprint density at radius 3 is 2.57 bits per heavy atom. The van der Waals surface area contributed by atoms with Crippen LogP contribution >= 0.6 is 0 Å². The van der Waals surface area contributed by atoms with Gasteiger partial charge in [-0.05, 0) is 37.1 Å². The molecule has 0 amide bonds. The van der Waals surface area contributed by atoms with Gasteiger partial charge in [0.1, 0.15) is 0 Å². The highest BCUT2D eigenvalue weighted by Gasteiger charge is 2.24. The first-order valence-electron chi connectivity index (χ1n) is 7.78. The molecular weight excluding hydrogens is 258 g/mol. The highest BCUT2D eigenvalue weighted by Crippen LogP contribution is 2.33. The van der Waals surface area contributed by atoms with Gasteiger partial charge in [0.15, 0.2) is 0 Å². The summed E-state index contributed by atoms with van der Waals surface area (Å²) >= 11 is 0. The average molecular weight is 277 g/mol. The van der Waals surface area contributed by atoms with Crippen molar-refractivity contribution in [1.29, 1.82) is 0 Å². The Morgan fingerprint density at radius 2 is 1.62 bits per heavy atom. The Hall–Kier alpha value is -2.16. The molecule has 4 rings (SSSR count). The average Bonchev–Trinajstić information content (AvgIpc) is 3.02. The summed E-state index contributed by atoms with van der Waals surface area (Å²) in [6, 6.07) is 14.6. The van der Waals surface area contributed by atoms with E-state index in [0.717, 1.165) is 12.1 Å². The van der Waals surface area contributed by atoms with Crippen LogP contribution in [0.15, 0.2) is 64.1 Å². The maximum Gasteiger partial charge on any atom is 0.0935 e. The lowest BCUT2D eigenvalue weighted by molar-refractivity contribution is 0.358. The van der Waals surface area contributed by atoms with Crippen molar-refractivity contribution in [2.45, 2.75) is 25.7 Å². The third-order valence-corrected chi connectivity index (χ3v) is 4.44. The minimum atomic E-state index is 0.969. The number of rotatable bonds is 2. The molecule has 3 nitrogen and oxygen atoms in total. The van der Waals surface area contributed by atoms with Gasteiger partial charge >= 0.3 is 0 Å². The third-order valence-electron chi connectivity index (χ3n) is 4.44. The summed E-state index contributed by atoms with van der Waals surface area (Å²) in [5.74, 6) is 0. The highest BCUT2D eigenvalue weighted by molar-refractivity contribution is 5.92. The molecule has 1 saturated heterocycles. The smallest absolute Gasteiger partial charge is 0.0935 e. The number of nitrogens with zero attached hydrogens (tertiary/aromatic N) is 3. The van der Waals surface area contributed by atoms with Crippen molar-refractivity contribution >= 4 is 16.5 Å². The zero-order valence-corrected chi connectivity index (χ0v) is 12.1. The third kappa shape index (κ3) is 2.33. The molecule has 0 aromatic heterocycles. The second-order valence-electron chi connectivity index (χ2n) is 5.79. The Balaban J connectivity index is 1.71. The number of fused-ring (bicyclic) bond motifs is 2. The molecule has 3 heteroatoms. The Labute approximate surface area is 125 Å². The molecule has 0 N–H and O–H groups in total. The van der Waals surface area contributed by atoms with Gasteiger partial charge in [0.05, 0.1) is 11.4 Å². The van der Waals surface area contributed by atoms with Crippen LogP contribution in [0, 0.1) is 0 Å². The van der Waals surface area contributed by atoms with Gasteiger partial charge in [-0.25, -0.2) is 0 Å². The van der Waals surface area contributed by atoms with E-state index >= 15 is 0 Å². The van der Waals surface area contributed by atoms with Gasteiger partial charge in [0.2, 0.25) is 0 Å². The van der Waals surface area contributed by atoms with Crippen LogP contribution in [0.5, 0.6) is 0 Å². The minimum absolute atomic E-state index is 0.969. The molecule has 0 unspecified atom stereocenters. The number of benzene rings is 2. The van der Waals surface area contributed by atoms with E-state index in [1.807, 2.05) is 6.07 Å². The molecule has 106 valence electrons. The fourth-order valence-corrected chi connectivity index (χ4v) is 3.40. The summed E-state index contributed by atoms with van der Waals surface area (Å²) in [6.45, 7) is 2.39. The number of hydrogen-bond acceptors (Lipinski definition) is 3. The van der Waals surface area contributed by atoms with E-state index in [4.69, 9.17) is 0 Å². The Bertz CT molecular complexity index is 725. The van der Waals surface area contributed by atoms with Gasteiger partial charge < -0.3 is 4.90 Å². The van der Waals surface area contributed by atoms with Gasteiger partial charge in [0.25, 0.3) is 0 Å². The zero-order valence-electron chi connectivity index (χ0n) is 12.1. The van der Waals surface area contributed by atoms with Crippen LogP contribution in [-0.2, 0) is 0 Å². The van der Waals surface area contributed by atoms with Crippen LogP contribution in [0.3, 0.4) is 0 Å². The lowest BCUT2D eigenvalue weighted by Gasteiger charge is -2.25. The molecule has 21 heavy (non-hydrogen) atoms. The minimum Gasteiger partial charge on any atom is -0.373 e. The maximum atomic E-state index is 4.61. The molecule has 2 heterocycles. The SMILES string of the molecule is c1ccc2c(N=NC3=C4CCCN4CCC3)cccc2c1. The second kappa shape index (κ2) is 5.32. The van der Waals surface area contributed by atoms with Gasteiger partial charge in [-0.1, -0.05) is 36.4 Å². The van der Waals surface area contributed by atoms with E-state index < -0.39 is 0 Å². The number of azo groups is 1. The van der Waals surface area contributed by atoms with Crippen LogP contribution in [0.4, 0.5) is 5.69 Å². The topological polar surface area (TPSA) is 28.0 Å². The molecular formula is C18H19N3. The van der Waals surface area contributed by atoms with Crippen molar-refractivity contribution in [3.05, 3.63) is 53.9 Å². The molecule has 0 spiro atoms. The lowest BCUT2D eigenvalue weighted by atomic mass is 10.1. The van der Waals surface area contributed by atoms with Crippen LogP contribution in [0.25, 0.3) is 10.8 Å². The van der Waals surface area contributed by atoms with E-state index in [2.05, 4.69) is 51.5 Å². The van der Waals surface area contributed by atoms with Crippen molar-refractivity contribution in [2.24, 2.45) is 10.2 Å². The summed E-state index contributed by atoms with van der Waals surface area (Å²) in [6.07, 6.45) is 4.71. The van der Waals surface area contributed by atoms with Crippen LogP contribution in [0.1, 0.15) is 25.7 Å². The second-order valence-corrected chi connectivity index (χ2v) is 5.79. The largest absolute Gasteiger partial charge is 0.373 e. The van der Waals surface area contributed by atoms with E-state index in [9.17, 15) is 0 Å². The molecule has 0 radical (unpaired) electrons. The predicted molar refractivity (Wildman–Crippen MR) is 85.5 cm³/mol. The molecule has 2 aliphatic heterocycles. The van der Waals surface area contributed by atoms with Gasteiger partial charge in [-0.15, -0.1) is 0 Å². The van der Waals surface area contributed by atoms with Crippen molar-refractivity contribution in [1.82, 2.24) is 4.90 Å². The fourth-order valence-electron chi connectivity index (χ4n) is 3.40. The molecule has 0 bridgehead atoms. The van der Waals surface area contributed by atoms with E-state index in [-0.39, 0.29) is 0 Å². The molecule has 2 aromatic rings. The quantitative estimate of drug-likeness (QED) is 0.708. The van der Waals surface area contributed by atoms with Crippen molar-refractivity contribution < 1.29 is 0 Å². The van der Waals surface area contributed by atoms with E-state index in [1.54, 1.807) is 0 Å². The van der Waals surface area contributed by atoms with Crippen molar-refractivity contribution in [3.63, 3.8) is 0 Å².